The number of hydrogen-bond acceptors (Lipinski definition) is 13. The third kappa shape index (κ3) is 13.1. The van der Waals surface area contributed by atoms with Crippen molar-refractivity contribution in [1.29, 1.82) is 0 Å². The molecule has 0 spiro atoms. The van der Waals surface area contributed by atoms with Crippen molar-refractivity contribution < 1.29 is 64.8 Å². The maximum atomic E-state index is 14.6. The van der Waals surface area contributed by atoms with Crippen molar-refractivity contribution in [2.75, 3.05) is 52.0 Å². The van der Waals surface area contributed by atoms with Crippen molar-refractivity contribution >= 4 is 29.8 Å². The Bertz CT molecular complexity index is 2830. The Balaban J connectivity index is 1.05. The number of ether oxygens (including phenoxy) is 3. The van der Waals surface area contributed by atoms with E-state index in [0.717, 1.165) is 76.2 Å². The number of alkyl carbamates (subject to hydrolysis) is 2. The Morgan fingerprint density at radius 3 is 1.86 bits per heavy atom. The third-order valence-electron chi connectivity index (χ3n) is 15.1. The second kappa shape index (κ2) is 23.2. The molecule has 420 valence electrons. The molecule has 3 aliphatic heterocycles. The zero-order valence-electron chi connectivity index (χ0n) is 44.0. The first-order valence-corrected chi connectivity index (χ1v) is 25.5. The number of carbonyl (C=O) groups is 4. The lowest BCUT2D eigenvalue weighted by Gasteiger charge is -2.42. The first-order valence-electron chi connectivity index (χ1n) is 25.5. The number of benzene rings is 2. The number of methoxy groups -OCH3 is 2. The van der Waals surface area contributed by atoms with Gasteiger partial charge in [0.05, 0.1) is 68.2 Å². The summed E-state index contributed by atoms with van der Waals surface area (Å²) in [7, 11) is 1.80. The van der Waals surface area contributed by atoms with Crippen LogP contribution in [0.1, 0.15) is 75.3 Å². The van der Waals surface area contributed by atoms with Crippen LogP contribution in [0.2, 0.25) is 0 Å². The highest BCUT2D eigenvalue weighted by molar-refractivity contribution is 5.87. The van der Waals surface area contributed by atoms with Crippen molar-refractivity contribution in [3.63, 3.8) is 0 Å². The molecule has 2 aromatic heterocycles. The van der Waals surface area contributed by atoms with E-state index in [0.29, 0.717) is 79.8 Å². The normalized spacial score (nSPS) is 19.4. The van der Waals surface area contributed by atoms with E-state index >= 15 is 0 Å². The highest BCUT2D eigenvalue weighted by atomic mass is 19.4. The molecule has 5 N–H and O–H groups in total. The number of alkyl halides is 6. The van der Waals surface area contributed by atoms with Crippen LogP contribution in [-0.4, -0.2) is 156 Å². The molecular weight excluding hydrogens is 1030 g/mol. The number of aliphatic hydroxyl groups is 1. The number of aliphatic hydroxyl groups excluding tert-OH is 1. The average Bonchev–Trinajstić information content (AvgIpc) is 3.93. The Hall–Kier alpha value is -6.94. The highest BCUT2D eigenvalue weighted by Gasteiger charge is 2.57. The molecule has 8 rings (SSSR count). The Morgan fingerprint density at radius 1 is 0.744 bits per heavy atom. The summed E-state index contributed by atoms with van der Waals surface area (Å²) >= 11 is 0. The van der Waals surface area contributed by atoms with Gasteiger partial charge in [-0.1, -0.05) is 48.2 Å². The first kappa shape index (κ1) is 57.2. The van der Waals surface area contributed by atoms with Crippen molar-refractivity contribution in [1.82, 2.24) is 46.0 Å². The predicted octanol–water partition coefficient (Wildman–Crippen LogP) is 5.89. The molecule has 24 heteroatoms. The molecule has 3 saturated heterocycles. The molecule has 6 atom stereocenters. The minimum Gasteiger partial charge on any atom is -0.453 e. The number of nitrogens with zero attached hydrogens (tertiary/aromatic N) is 6. The highest BCUT2D eigenvalue weighted by Crippen LogP contribution is 2.42. The molecular formula is C54H64F6N10O8. The van der Waals surface area contributed by atoms with Crippen LogP contribution in [0, 0.1) is 22.7 Å². The van der Waals surface area contributed by atoms with Gasteiger partial charge in [-0.15, -0.1) is 0 Å². The van der Waals surface area contributed by atoms with Gasteiger partial charge in [0.15, 0.2) is 0 Å². The number of aromatic nitrogens is 3. The zero-order valence-corrected chi connectivity index (χ0v) is 44.0. The van der Waals surface area contributed by atoms with Crippen LogP contribution in [0.15, 0.2) is 79.1 Å². The van der Waals surface area contributed by atoms with Gasteiger partial charge in [-0.3, -0.25) is 24.6 Å². The number of nitrogens with one attached hydrogen (secondary N) is 4. The summed E-state index contributed by atoms with van der Waals surface area (Å²) in [5.74, 6) is 4.32. The monoisotopic (exact) mass is 1090 g/mol. The van der Waals surface area contributed by atoms with Gasteiger partial charge >= 0.3 is 24.5 Å². The van der Waals surface area contributed by atoms with Gasteiger partial charge in [0, 0.05) is 67.3 Å². The number of fused-ring (bicyclic) bond motifs is 2. The molecule has 1 saturated carbocycles. The standard InChI is InChI=1S/C54H64F6N10O8/c1-51(2,53(55,56)57)45(63-49(74)76-5)47(72)62-42(23-33-10-7-32(8-11-33)9-12-34-15-20-44(61-25-34)69-28-38-24-39(69)27-68(38)40-30-78-31-40)43(71)29-67(66-48(73)46(64-50(75)77-6)52(3,4)54(58,59)60)26-35-13-16-36(17-14-35)41-21-22-70(65-41)37-18-19-37/h7-8,10-11,13-17,20-22,25,37-40,42-43,45-46,71H,18-19,23-24,26-31H2,1-6H3,(H,62,72)(H,63,74)(H,64,75)(H,66,73)/t38-,39-,42+,43+,45-,46-/m1/s1. The Labute approximate surface area is 447 Å². The SMILES string of the molecule is COC(=O)N[C@H](C(=O)N[C@@H](Cc1ccc(C#Cc2ccc(N3C[C@H]4C[C@@H]3CN4C3COC3)nc2)cc1)[C@@H](O)CN(Cc1ccc(-c2ccn(C3CC3)n2)cc1)NC(=O)[C@@H](NC(=O)OC)C(C)(C)C(F)(F)F)C(C)(C)C(F)(F)F. The molecule has 4 aliphatic rings. The van der Waals surface area contributed by atoms with E-state index < -0.39 is 78.0 Å². The van der Waals surface area contributed by atoms with Crippen molar-refractivity contribution in [2.45, 2.75) is 121 Å². The van der Waals surface area contributed by atoms with E-state index in [1.807, 2.05) is 39.7 Å². The zero-order chi connectivity index (χ0) is 56.3. The van der Waals surface area contributed by atoms with E-state index in [1.54, 1.807) is 54.7 Å². The fourth-order valence-corrected chi connectivity index (χ4v) is 9.73. The summed E-state index contributed by atoms with van der Waals surface area (Å²) in [6.07, 6.45) is -8.24. The van der Waals surface area contributed by atoms with Crippen LogP contribution >= 0.6 is 0 Å². The molecule has 78 heavy (non-hydrogen) atoms. The molecule has 2 bridgehead atoms. The lowest BCUT2D eigenvalue weighted by molar-refractivity contribution is -0.221. The topological polar surface area (TPSA) is 205 Å². The number of amides is 4. The molecule has 5 heterocycles. The van der Waals surface area contributed by atoms with E-state index in [4.69, 9.17) is 9.72 Å². The Kier molecular flexibility index (Phi) is 17.0. The van der Waals surface area contributed by atoms with E-state index in [1.165, 1.54) is 0 Å². The molecule has 4 fully saturated rings. The number of pyridine rings is 1. The quantitative estimate of drug-likeness (QED) is 0.0423. The minimum atomic E-state index is -5.06. The number of rotatable bonds is 19. The second-order valence-electron chi connectivity index (χ2n) is 21.4. The van der Waals surface area contributed by atoms with E-state index in [9.17, 15) is 50.6 Å². The van der Waals surface area contributed by atoms with Gasteiger partial charge in [-0.05, 0) is 94.8 Å². The van der Waals surface area contributed by atoms with Crippen molar-refractivity contribution in [3.8, 4) is 23.1 Å². The molecule has 4 aromatic rings. The molecule has 1 aliphatic carbocycles. The molecule has 2 aromatic carbocycles. The lowest BCUT2D eigenvalue weighted by atomic mass is 9.82. The fourth-order valence-electron chi connectivity index (χ4n) is 9.73. The number of carbonyl (C=O) groups excluding carboxylic acids is 4. The molecule has 0 radical (unpaired) electrons. The largest absolute Gasteiger partial charge is 0.453 e. The number of hydrazine groups is 1. The van der Waals surface area contributed by atoms with Crippen LogP contribution < -0.4 is 26.3 Å². The van der Waals surface area contributed by atoms with E-state index in [-0.39, 0.29) is 13.0 Å². The number of hydrogen-bond donors (Lipinski definition) is 5. The van der Waals surface area contributed by atoms with Gasteiger partial charge in [-0.2, -0.15) is 31.4 Å². The van der Waals surface area contributed by atoms with Gasteiger partial charge in [0.2, 0.25) is 5.91 Å². The average molecular weight is 1100 g/mol. The number of anilines is 1. The van der Waals surface area contributed by atoms with Crippen LogP contribution in [0.3, 0.4) is 0 Å². The summed E-state index contributed by atoms with van der Waals surface area (Å²) in [6, 6.07) is 14.6. The predicted molar refractivity (Wildman–Crippen MR) is 272 cm³/mol. The minimum absolute atomic E-state index is 0.272. The number of likely N-dealkylation sites (tertiary alicyclic amines) is 1. The van der Waals surface area contributed by atoms with Gasteiger partial charge in [0.25, 0.3) is 5.91 Å². The Morgan fingerprint density at radius 2 is 1.33 bits per heavy atom. The maximum absolute atomic E-state index is 14.6. The molecule has 0 unspecified atom stereocenters. The van der Waals surface area contributed by atoms with Gasteiger partial charge in [-0.25, -0.2) is 19.6 Å². The fraction of sp³-hybridized carbons (Fsp3) is 0.519. The molecule has 4 amide bonds. The van der Waals surface area contributed by atoms with Crippen LogP contribution in [0.4, 0.5) is 41.7 Å². The summed E-state index contributed by atoms with van der Waals surface area (Å²) in [4.78, 5) is 62.6. The van der Waals surface area contributed by atoms with Crippen LogP contribution in [-0.2, 0) is 36.8 Å². The van der Waals surface area contributed by atoms with Crippen LogP contribution in [0.25, 0.3) is 11.3 Å². The smallest absolute Gasteiger partial charge is 0.407 e. The first-order chi connectivity index (χ1) is 36.8. The second-order valence-corrected chi connectivity index (χ2v) is 21.4. The summed E-state index contributed by atoms with van der Waals surface area (Å²) < 4.78 is 104. The molecule has 18 nitrogen and oxygen atoms in total. The summed E-state index contributed by atoms with van der Waals surface area (Å²) in [6.45, 7) is 5.23. The number of piperazine rings is 1. The van der Waals surface area contributed by atoms with E-state index in [2.05, 4.69) is 47.0 Å². The lowest BCUT2D eigenvalue weighted by Crippen LogP contribution is -2.63. The maximum Gasteiger partial charge on any atom is 0.407 e. The van der Waals surface area contributed by atoms with Crippen LogP contribution in [0.5, 0.6) is 0 Å². The number of halogens is 6. The summed E-state index contributed by atoms with van der Waals surface area (Å²) in [5.41, 5.74) is 0.108. The van der Waals surface area contributed by atoms with Crippen molar-refractivity contribution in [3.05, 3.63) is 101 Å². The van der Waals surface area contributed by atoms with Crippen molar-refractivity contribution in [2.24, 2.45) is 10.8 Å². The summed E-state index contributed by atoms with van der Waals surface area (Å²) in [5, 5.41) is 24.3. The van der Waals surface area contributed by atoms with Gasteiger partial charge < -0.3 is 40.2 Å². The third-order valence-corrected chi connectivity index (χ3v) is 15.1. The van der Waals surface area contributed by atoms with Gasteiger partial charge in [0.1, 0.15) is 17.9 Å².